The maximum absolute atomic E-state index is 5.04. The van der Waals surface area contributed by atoms with Gasteiger partial charge in [-0.3, -0.25) is 9.13 Å². The van der Waals surface area contributed by atoms with E-state index in [-0.39, 0.29) is 0 Å². The van der Waals surface area contributed by atoms with Crippen LogP contribution < -0.4 is 0 Å². The number of hydrogen-bond acceptors (Lipinski definition) is 2. The van der Waals surface area contributed by atoms with E-state index in [1.54, 1.807) is 0 Å². The first-order chi connectivity index (χ1) is 28.7. The van der Waals surface area contributed by atoms with Crippen LogP contribution in [0.2, 0.25) is 0 Å². The first-order valence-electron chi connectivity index (χ1n) is 19.7. The Labute approximate surface area is 334 Å². The van der Waals surface area contributed by atoms with E-state index in [0.717, 1.165) is 56.2 Å². The van der Waals surface area contributed by atoms with Crippen LogP contribution in [0.5, 0.6) is 0 Å². The van der Waals surface area contributed by atoms with Crippen LogP contribution in [0.3, 0.4) is 0 Å². The van der Waals surface area contributed by atoms with E-state index in [0.29, 0.717) is 0 Å². The minimum atomic E-state index is 0.943. The third kappa shape index (κ3) is 5.16. The molecule has 0 radical (unpaired) electrons. The predicted molar refractivity (Wildman–Crippen MR) is 241 cm³/mol. The summed E-state index contributed by atoms with van der Waals surface area (Å²) in [4.78, 5) is 10.1. The Kier molecular flexibility index (Phi) is 7.20. The molecule has 0 saturated carbocycles. The smallest absolute Gasteiger partial charge is 0.145 e. The fourth-order valence-corrected chi connectivity index (χ4v) is 8.91. The van der Waals surface area contributed by atoms with Crippen LogP contribution in [0.15, 0.2) is 206 Å². The second-order valence-corrected chi connectivity index (χ2v) is 15.1. The van der Waals surface area contributed by atoms with Gasteiger partial charge in [0.2, 0.25) is 0 Å². The maximum atomic E-state index is 5.04. The maximum Gasteiger partial charge on any atom is 0.145 e. The summed E-state index contributed by atoms with van der Waals surface area (Å²) in [5, 5.41) is 7.63. The van der Waals surface area contributed by atoms with Crippen LogP contribution in [0.25, 0.3) is 111 Å². The molecule has 0 atom stereocenters. The third-order valence-corrected chi connectivity index (χ3v) is 11.6. The predicted octanol–water partition coefficient (Wildman–Crippen LogP) is 13.9. The van der Waals surface area contributed by atoms with Gasteiger partial charge in [0.05, 0.1) is 22.1 Å². The van der Waals surface area contributed by atoms with Gasteiger partial charge >= 0.3 is 0 Å². The monoisotopic (exact) mass is 738 g/mol. The highest BCUT2D eigenvalue weighted by molar-refractivity contribution is 6.24. The molecular weight excluding hydrogens is 705 g/mol. The Morgan fingerprint density at radius 3 is 1.00 bits per heavy atom. The molecular formula is C54H34N4. The van der Waals surface area contributed by atoms with Crippen LogP contribution in [-0.2, 0) is 0 Å². The van der Waals surface area contributed by atoms with Crippen LogP contribution in [0, 0.1) is 0 Å². The fraction of sp³-hybridized carbons (Fsp3) is 0. The third-order valence-electron chi connectivity index (χ3n) is 11.6. The van der Waals surface area contributed by atoms with E-state index < -0.39 is 0 Å². The number of hydrogen-bond donors (Lipinski definition) is 0. The zero-order chi connectivity index (χ0) is 38.2. The summed E-state index contributed by atoms with van der Waals surface area (Å²) in [7, 11) is 0. The molecule has 0 fully saturated rings. The van der Waals surface area contributed by atoms with Crippen molar-refractivity contribution < 1.29 is 0 Å². The quantitative estimate of drug-likeness (QED) is 0.159. The van der Waals surface area contributed by atoms with Crippen molar-refractivity contribution >= 4 is 54.4 Å². The molecule has 12 rings (SSSR count). The number of rotatable bonds is 6. The van der Waals surface area contributed by atoms with Gasteiger partial charge in [-0.1, -0.05) is 133 Å². The Morgan fingerprint density at radius 1 is 0.276 bits per heavy atom. The summed E-state index contributed by atoms with van der Waals surface area (Å²) in [6.45, 7) is 0. The molecule has 0 aliphatic rings. The van der Waals surface area contributed by atoms with Crippen LogP contribution in [-0.4, -0.2) is 19.1 Å². The zero-order valence-corrected chi connectivity index (χ0v) is 31.4. The van der Waals surface area contributed by atoms with Gasteiger partial charge in [-0.05, 0) is 127 Å². The van der Waals surface area contributed by atoms with E-state index in [2.05, 4.69) is 191 Å². The summed E-state index contributed by atoms with van der Waals surface area (Å²) >= 11 is 0. The van der Waals surface area contributed by atoms with Gasteiger partial charge in [-0.15, -0.1) is 0 Å². The van der Waals surface area contributed by atoms with Crippen molar-refractivity contribution in [3.63, 3.8) is 0 Å². The first-order valence-corrected chi connectivity index (χ1v) is 19.7. The second-order valence-electron chi connectivity index (χ2n) is 15.1. The van der Waals surface area contributed by atoms with E-state index in [1.165, 1.54) is 54.6 Å². The minimum Gasteiger partial charge on any atom is -0.292 e. The van der Waals surface area contributed by atoms with E-state index in [4.69, 9.17) is 9.97 Å². The van der Waals surface area contributed by atoms with Gasteiger partial charge in [-0.2, -0.15) is 0 Å². The molecule has 0 aliphatic heterocycles. The molecule has 0 N–H and O–H groups in total. The summed E-state index contributed by atoms with van der Waals surface area (Å²) in [5.74, 6) is 1.89. The summed E-state index contributed by atoms with van der Waals surface area (Å²) in [5.41, 5.74) is 13.3. The summed E-state index contributed by atoms with van der Waals surface area (Å²) < 4.78 is 4.53. The Morgan fingerprint density at radius 2 is 0.621 bits per heavy atom. The lowest BCUT2D eigenvalue weighted by Gasteiger charge is -2.15. The van der Waals surface area contributed by atoms with Crippen molar-refractivity contribution in [1.29, 1.82) is 0 Å². The molecule has 0 amide bonds. The van der Waals surface area contributed by atoms with Gasteiger partial charge in [-0.25, -0.2) is 9.97 Å². The average molecular weight is 739 g/mol. The van der Waals surface area contributed by atoms with Crippen molar-refractivity contribution in [3.8, 4) is 56.4 Å². The Hall–Kier alpha value is -7.82. The number of benzene rings is 10. The largest absolute Gasteiger partial charge is 0.292 e. The topological polar surface area (TPSA) is 35.6 Å². The van der Waals surface area contributed by atoms with E-state index >= 15 is 0 Å². The molecule has 2 aromatic heterocycles. The van der Waals surface area contributed by atoms with Gasteiger partial charge in [0, 0.05) is 22.5 Å². The molecule has 270 valence electrons. The standard InChI is InChI=1S/C54H34N4/c1-3-11-37(12-4-1)53-55-47-15-7-9-17-49(47)57(53)45-27-23-35(24-28-45)43-31-39-19-21-41-33-44(34-42-22-20-40(32-43)51(39)52(41)42)36-25-29-46(30-26-36)58-50-18-10-8-16-48(50)56-54(58)38-13-5-2-6-14-38/h1-34H. The highest BCUT2D eigenvalue weighted by Gasteiger charge is 2.17. The Bertz CT molecular complexity index is 3170. The molecule has 10 aromatic carbocycles. The summed E-state index contributed by atoms with van der Waals surface area (Å²) in [6.07, 6.45) is 0. The highest BCUT2D eigenvalue weighted by atomic mass is 15.1. The zero-order valence-electron chi connectivity index (χ0n) is 31.4. The molecule has 2 heterocycles. The lowest BCUT2D eigenvalue weighted by molar-refractivity contribution is 1.10. The second kappa shape index (κ2) is 12.9. The van der Waals surface area contributed by atoms with Crippen LogP contribution in [0.1, 0.15) is 0 Å². The lowest BCUT2D eigenvalue weighted by atomic mass is 9.89. The molecule has 0 saturated heterocycles. The number of imidazole rings is 2. The average Bonchev–Trinajstić information content (AvgIpc) is 3.88. The van der Waals surface area contributed by atoms with Gasteiger partial charge in [0.15, 0.2) is 0 Å². The number of para-hydroxylation sites is 4. The van der Waals surface area contributed by atoms with Gasteiger partial charge in [0.25, 0.3) is 0 Å². The molecule has 4 heteroatoms. The first kappa shape index (κ1) is 32.4. The number of aromatic nitrogens is 4. The minimum absolute atomic E-state index is 0.943. The fourth-order valence-electron chi connectivity index (χ4n) is 8.91. The van der Waals surface area contributed by atoms with Crippen molar-refractivity contribution in [2.24, 2.45) is 0 Å². The van der Waals surface area contributed by atoms with E-state index in [9.17, 15) is 0 Å². The van der Waals surface area contributed by atoms with Crippen molar-refractivity contribution in [2.75, 3.05) is 0 Å². The van der Waals surface area contributed by atoms with Crippen molar-refractivity contribution in [3.05, 3.63) is 206 Å². The van der Waals surface area contributed by atoms with Crippen LogP contribution >= 0.6 is 0 Å². The molecule has 0 bridgehead atoms. The molecule has 0 aliphatic carbocycles. The van der Waals surface area contributed by atoms with E-state index in [1.807, 2.05) is 24.3 Å². The van der Waals surface area contributed by atoms with Crippen LogP contribution in [0.4, 0.5) is 0 Å². The van der Waals surface area contributed by atoms with Crippen molar-refractivity contribution in [2.45, 2.75) is 0 Å². The number of fused-ring (bicyclic) bond motifs is 2. The molecule has 12 aromatic rings. The normalized spacial score (nSPS) is 11.8. The van der Waals surface area contributed by atoms with Gasteiger partial charge < -0.3 is 0 Å². The molecule has 4 nitrogen and oxygen atoms in total. The molecule has 0 unspecified atom stereocenters. The lowest BCUT2D eigenvalue weighted by Crippen LogP contribution is -1.97. The highest BCUT2D eigenvalue weighted by Crippen LogP contribution is 2.40. The van der Waals surface area contributed by atoms with Gasteiger partial charge in [0.1, 0.15) is 11.6 Å². The SMILES string of the molecule is c1ccc(-c2nc3ccccc3n2-c2ccc(-c3cc4ccc5cc(-c6ccc(-n7c(-c8ccccc8)nc8ccccc87)cc6)cc6ccc(c3)c4c56)cc2)cc1. The van der Waals surface area contributed by atoms with Crippen molar-refractivity contribution in [1.82, 2.24) is 19.1 Å². The Balaban J connectivity index is 0.896. The number of nitrogens with zero attached hydrogens (tertiary/aromatic N) is 4. The summed E-state index contributed by atoms with van der Waals surface area (Å²) in [6, 6.07) is 73.9. The molecule has 0 spiro atoms. The molecule has 58 heavy (non-hydrogen) atoms.